The number of ether oxygens (including phenoxy) is 2. The summed E-state index contributed by atoms with van der Waals surface area (Å²) >= 11 is 1.42. The molecule has 3 atom stereocenters. The van der Waals surface area contributed by atoms with Crippen molar-refractivity contribution in [3.05, 3.63) is 71.8 Å². The van der Waals surface area contributed by atoms with E-state index in [0.717, 1.165) is 5.56 Å². The molecular formula is C29H35N3O7S. The Morgan fingerprint density at radius 2 is 1.60 bits per heavy atom. The Morgan fingerprint density at radius 1 is 0.975 bits per heavy atom. The van der Waals surface area contributed by atoms with Gasteiger partial charge in [-0.3, -0.25) is 14.4 Å². The Morgan fingerprint density at radius 3 is 2.20 bits per heavy atom. The summed E-state index contributed by atoms with van der Waals surface area (Å²) in [5, 5.41) is 5.38. The zero-order valence-electron chi connectivity index (χ0n) is 22.8. The van der Waals surface area contributed by atoms with Crippen molar-refractivity contribution in [2.45, 2.75) is 58.5 Å². The summed E-state index contributed by atoms with van der Waals surface area (Å²) in [7, 11) is 0. The van der Waals surface area contributed by atoms with Gasteiger partial charge in [-0.15, -0.1) is 11.8 Å². The summed E-state index contributed by atoms with van der Waals surface area (Å²) in [6.45, 7) is 5.05. The van der Waals surface area contributed by atoms with Crippen molar-refractivity contribution in [2.24, 2.45) is 5.92 Å². The number of ketones is 1. The van der Waals surface area contributed by atoms with E-state index < -0.39 is 48.0 Å². The second kappa shape index (κ2) is 15.1. The molecule has 1 aliphatic rings. The molecule has 0 saturated carbocycles. The van der Waals surface area contributed by atoms with Gasteiger partial charge in [0.25, 0.3) is 5.78 Å². The molecule has 0 radical (unpaired) electrons. The molecule has 1 heterocycles. The first-order valence-corrected chi connectivity index (χ1v) is 14.3. The third-order valence-corrected chi connectivity index (χ3v) is 7.16. The molecule has 1 aliphatic heterocycles. The minimum absolute atomic E-state index is 0.00108. The molecule has 10 nitrogen and oxygen atoms in total. The molecule has 1 fully saturated rings. The van der Waals surface area contributed by atoms with Gasteiger partial charge < -0.3 is 25.0 Å². The number of hydrogen-bond donors (Lipinski definition) is 2. The van der Waals surface area contributed by atoms with Crippen LogP contribution in [0, 0.1) is 5.92 Å². The number of esters is 1. The summed E-state index contributed by atoms with van der Waals surface area (Å²) in [5.41, 5.74) is 1.51. The maximum absolute atomic E-state index is 13.4. The average Bonchev–Trinajstić information content (AvgIpc) is 3.41. The fourth-order valence-corrected chi connectivity index (χ4v) is 5.15. The first-order valence-electron chi connectivity index (χ1n) is 13.1. The van der Waals surface area contributed by atoms with Gasteiger partial charge in [0.2, 0.25) is 11.8 Å². The lowest BCUT2D eigenvalue weighted by Crippen LogP contribution is -2.56. The number of nitrogens with zero attached hydrogens (tertiary/aromatic N) is 1. The molecule has 0 aromatic heterocycles. The highest BCUT2D eigenvalue weighted by atomic mass is 32.2. The van der Waals surface area contributed by atoms with Gasteiger partial charge in [-0.25, -0.2) is 9.59 Å². The molecular weight excluding hydrogens is 534 g/mol. The van der Waals surface area contributed by atoms with E-state index in [4.69, 9.17) is 9.47 Å². The van der Waals surface area contributed by atoms with Crippen molar-refractivity contribution in [1.82, 2.24) is 15.5 Å². The first kappa shape index (κ1) is 30.7. The van der Waals surface area contributed by atoms with E-state index >= 15 is 0 Å². The van der Waals surface area contributed by atoms with Gasteiger partial charge in [0, 0.05) is 5.75 Å². The lowest BCUT2D eigenvalue weighted by Gasteiger charge is -2.29. The molecule has 0 aliphatic carbocycles. The van der Waals surface area contributed by atoms with E-state index in [0.29, 0.717) is 17.7 Å². The Bertz CT molecular complexity index is 1180. The molecule has 214 valence electrons. The van der Waals surface area contributed by atoms with Crippen LogP contribution >= 0.6 is 11.8 Å². The largest absolute Gasteiger partial charge is 0.457 e. The Labute approximate surface area is 238 Å². The topological polar surface area (TPSA) is 131 Å². The van der Waals surface area contributed by atoms with Crippen molar-refractivity contribution < 1.29 is 33.4 Å². The van der Waals surface area contributed by atoms with E-state index in [-0.39, 0.29) is 24.8 Å². The predicted molar refractivity (Wildman–Crippen MR) is 150 cm³/mol. The van der Waals surface area contributed by atoms with Crippen LogP contribution in [-0.2, 0) is 41.7 Å². The summed E-state index contributed by atoms with van der Waals surface area (Å²) in [6.07, 6.45) is -1.67. The molecule has 2 N–H and O–H groups in total. The predicted octanol–water partition coefficient (Wildman–Crippen LogP) is 3.05. The Hall–Kier alpha value is -3.86. The second-order valence-corrected chi connectivity index (χ2v) is 10.6. The normalized spacial score (nSPS) is 16.1. The van der Waals surface area contributed by atoms with Crippen LogP contribution in [-0.4, -0.2) is 64.5 Å². The number of carbonyl (C=O) groups is 5. The molecule has 1 saturated heterocycles. The zero-order chi connectivity index (χ0) is 29.1. The fraction of sp³-hybridized carbons (Fsp3) is 0.414. The highest BCUT2D eigenvalue weighted by Gasteiger charge is 2.39. The maximum Gasteiger partial charge on any atom is 0.408 e. The molecule has 11 heteroatoms. The molecule has 40 heavy (non-hydrogen) atoms. The monoisotopic (exact) mass is 569 g/mol. The minimum Gasteiger partial charge on any atom is -0.457 e. The van der Waals surface area contributed by atoms with Gasteiger partial charge in [-0.2, -0.15) is 0 Å². The number of benzene rings is 2. The lowest BCUT2D eigenvalue weighted by atomic mass is 9.94. The van der Waals surface area contributed by atoms with Gasteiger partial charge in [0.1, 0.15) is 24.7 Å². The summed E-state index contributed by atoms with van der Waals surface area (Å²) in [4.78, 5) is 65.9. The van der Waals surface area contributed by atoms with Crippen molar-refractivity contribution in [3.63, 3.8) is 0 Å². The second-order valence-electron chi connectivity index (χ2n) is 9.56. The molecule has 0 spiro atoms. The van der Waals surface area contributed by atoms with Crippen LogP contribution in [0.15, 0.2) is 60.7 Å². The lowest BCUT2D eigenvalue weighted by molar-refractivity contribution is -0.160. The smallest absolute Gasteiger partial charge is 0.408 e. The van der Waals surface area contributed by atoms with Crippen LogP contribution in [0.2, 0.25) is 0 Å². The van der Waals surface area contributed by atoms with Crippen LogP contribution < -0.4 is 10.6 Å². The van der Waals surface area contributed by atoms with Crippen molar-refractivity contribution in [1.29, 1.82) is 0 Å². The highest BCUT2D eigenvalue weighted by molar-refractivity contribution is 7.99. The Kier molecular flexibility index (Phi) is 11.6. The van der Waals surface area contributed by atoms with Gasteiger partial charge >= 0.3 is 12.1 Å². The number of amides is 3. The van der Waals surface area contributed by atoms with E-state index in [1.807, 2.05) is 36.4 Å². The van der Waals surface area contributed by atoms with E-state index in [9.17, 15) is 24.0 Å². The quantitative estimate of drug-likeness (QED) is 0.227. The zero-order valence-corrected chi connectivity index (χ0v) is 23.6. The molecule has 0 unspecified atom stereocenters. The SMILES string of the molecule is CC[C@H](NC(=O)OCc1ccccc1)C(=O)N1CSC[C@@H]1NC(=O)[C@@H](Cc1ccccc1)C(=O)C(=O)OC(C)C. The fourth-order valence-electron chi connectivity index (χ4n) is 4.06. The Balaban J connectivity index is 1.66. The maximum atomic E-state index is 13.4. The van der Waals surface area contributed by atoms with Crippen molar-refractivity contribution in [3.8, 4) is 0 Å². The highest BCUT2D eigenvalue weighted by Crippen LogP contribution is 2.22. The van der Waals surface area contributed by atoms with Crippen LogP contribution in [0.25, 0.3) is 0 Å². The van der Waals surface area contributed by atoms with E-state index in [1.165, 1.54) is 16.7 Å². The standard InChI is InChI=1S/C29H35N3O7S/c1-4-23(30-29(37)38-16-21-13-9-6-10-14-21)27(35)32-18-40-17-24(32)31-26(34)22(15-20-11-7-5-8-12-20)25(33)28(36)39-19(2)3/h5-14,19,22-24H,4,15-18H2,1-3H3,(H,30,37)(H,31,34)/t22-,23-,24+/m0/s1. The number of hydrogen-bond acceptors (Lipinski definition) is 8. The molecule has 0 bridgehead atoms. The van der Waals surface area contributed by atoms with Crippen molar-refractivity contribution >= 4 is 41.4 Å². The minimum atomic E-state index is -1.33. The number of alkyl carbamates (subject to hydrolysis) is 1. The van der Waals surface area contributed by atoms with Gasteiger partial charge in [0.15, 0.2) is 0 Å². The van der Waals surface area contributed by atoms with Crippen LogP contribution in [0.5, 0.6) is 0 Å². The van der Waals surface area contributed by atoms with E-state index in [2.05, 4.69) is 10.6 Å². The molecule has 2 aromatic rings. The molecule has 3 rings (SSSR count). The number of thioether (sulfide) groups is 1. The number of rotatable bonds is 12. The van der Waals surface area contributed by atoms with Crippen LogP contribution in [0.4, 0.5) is 4.79 Å². The third-order valence-electron chi connectivity index (χ3n) is 6.14. The van der Waals surface area contributed by atoms with Gasteiger partial charge in [0.05, 0.1) is 12.0 Å². The molecule has 2 aromatic carbocycles. The number of nitrogens with one attached hydrogen (secondary N) is 2. The third kappa shape index (κ3) is 8.84. The average molecular weight is 570 g/mol. The molecule has 3 amide bonds. The first-order chi connectivity index (χ1) is 19.2. The number of Topliss-reactive ketones (excluding diaryl/α,β-unsaturated/α-hetero) is 1. The van der Waals surface area contributed by atoms with Gasteiger partial charge in [-0.1, -0.05) is 67.6 Å². The van der Waals surface area contributed by atoms with Gasteiger partial charge in [-0.05, 0) is 37.8 Å². The van der Waals surface area contributed by atoms with Crippen molar-refractivity contribution in [2.75, 3.05) is 11.6 Å². The van der Waals surface area contributed by atoms with Crippen LogP contribution in [0.1, 0.15) is 38.3 Å². The summed E-state index contributed by atoms with van der Waals surface area (Å²) in [5.74, 6) is -3.76. The summed E-state index contributed by atoms with van der Waals surface area (Å²) in [6, 6.07) is 17.2. The van der Waals surface area contributed by atoms with Crippen LogP contribution in [0.3, 0.4) is 0 Å². The number of carbonyl (C=O) groups excluding carboxylic acids is 5. The summed E-state index contributed by atoms with van der Waals surface area (Å²) < 4.78 is 10.3. The van der Waals surface area contributed by atoms with E-state index in [1.54, 1.807) is 45.0 Å².